The Morgan fingerprint density at radius 1 is 1.33 bits per heavy atom. The van der Waals surface area contributed by atoms with Gasteiger partial charge in [-0.25, -0.2) is 4.79 Å². The van der Waals surface area contributed by atoms with E-state index < -0.39 is 12.6 Å². The van der Waals surface area contributed by atoms with Crippen LogP contribution in [0.5, 0.6) is 11.5 Å². The number of ether oxygens (including phenoxy) is 2. The molecule has 0 saturated carbocycles. The molecule has 4 nitrogen and oxygen atoms in total. The number of hydrogen-bond donors (Lipinski definition) is 1. The molecule has 0 bridgehead atoms. The van der Waals surface area contributed by atoms with E-state index in [1.165, 1.54) is 19.2 Å². The summed E-state index contributed by atoms with van der Waals surface area (Å²) in [7, 11) is 1.44. The van der Waals surface area contributed by atoms with Gasteiger partial charge in [-0.15, -0.1) is 0 Å². The van der Waals surface area contributed by atoms with Crippen LogP contribution in [0.1, 0.15) is 0 Å². The van der Waals surface area contributed by atoms with Crippen molar-refractivity contribution < 1.29 is 19.4 Å². The zero-order valence-corrected chi connectivity index (χ0v) is 9.30. The Labute approximate surface area is 96.3 Å². The number of hydrogen-bond acceptors (Lipinski definition) is 3. The van der Waals surface area contributed by atoms with E-state index in [1.807, 2.05) is 0 Å². The molecule has 6 heteroatoms. The van der Waals surface area contributed by atoms with Crippen molar-refractivity contribution in [3.05, 3.63) is 22.2 Å². The molecule has 0 unspecified atom stereocenters. The van der Waals surface area contributed by atoms with Gasteiger partial charge in [-0.2, -0.15) is 0 Å². The number of carboxylic acids is 1. The number of aliphatic carboxylic acids is 1. The molecule has 0 aromatic heterocycles. The van der Waals surface area contributed by atoms with Crippen LogP contribution in [-0.4, -0.2) is 24.8 Å². The van der Waals surface area contributed by atoms with Crippen molar-refractivity contribution in [3.63, 3.8) is 0 Å². The van der Waals surface area contributed by atoms with E-state index >= 15 is 0 Å². The number of carbonyl (C=O) groups is 1. The first-order valence-corrected chi connectivity index (χ1v) is 4.68. The molecule has 0 aliphatic rings. The molecule has 0 aliphatic carbocycles. The normalized spacial score (nSPS) is 9.80. The lowest BCUT2D eigenvalue weighted by Crippen LogP contribution is -2.09. The molecule has 1 aromatic carbocycles. The van der Waals surface area contributed by atoms with E-state index in [1.54, 1.807) is 0 Å². The van der Waals surface area contributed by atoms with Gasteiger partial charge < -0.3 is 14.6 Å². The van der Waals surface area contributed by atoms with Crippen LogP contribution in [0.25, 0.3) is 0 Å². The van der Waals surface area contributed by atoms with Gasteiger partial charge >= 0.3 is 5.97 Å². The van der Waals surface area contributed by atoms with Crippen molar-refractivity contribution in [2.45, 2.75) is 0 Å². The molecule has 1 N–H and O–H groups in total. The van der Waals surface area contributed by atoms with Gasteiger partial charge in [-0.1, -0.05) is 23.2 Å². The van der Waals surface area contributed by atoms with Crippen LogP contribution in [0.4, 0.5) is 0 Å². The molecule has 0 amide bonds. The Kier molecular flexibility index (Phi) is 4.05. The maximum Gasteiger partial charge on any atom is 0.341 e. The lowest BCUT2D eigenvalue weighted by atomic mass is 10.3. The summed E-state index contributed by atoms with van der Waals surface area (Å²) in [5.74, 6) is -0.484. The topological polar surface area (TPSA) is 55.8 Å². The summed E-state index contributed by atoms with van der Waals surface area (Å²) >= 11 is 11.6. The minimum Gasteiger partial charge on any atom is -0.495 e. The lowest BCUT2D eigenvalue weighted by Gasteiger charge is -2.09. The van der Waals surface area contributed by atoms with Crippen molar-refractivity contribution in [2.24, 2.45) is 0 Å². The average Bonchev–Trinajstić information content (AvgIpc) is 2.16. The third kappa shape index (κ3) is 3.18. The summed E-state index contributed by atoms with van der Waals surface area (Å²) in [6.45, 7) is -0.468. The summed E-state index contributed by atoms with van der Waals surface area (Å²) < 4.78 is 9.85. The average molecular weight is 251 g/mol. The molecule has 15 heavy (non-hydrogen) atoms. The smallest absolute Gasteiger partial charge is 0.341 e. The number of benzene rings is 1. The Bertz CT molecular complexity index is 379. The summed E-state index contributed by atoms with van der Waals surface area (Å²) in [5, 5.41) is 9.00. The van der Waals surface area contributed by atoms with Crippen molar-refractivity contribution in [1.82, 2.24) is 0 Å². The van der Waals surface area contributed by atoms with Gasteiger partial charge in [-0.05, 0) is 6.07 Å². The first-order chi connectivity index (χ1) is 7.04. The highest BCUT2D eigenvalue weighted by Gasteiger charge is 2.09. The van der Waals surface area contributed by atoms with Crippen LogP contribution < -0.4 is 9.47 Å². The van der Waals surface area contributed by atoms with Crippen LogP contribution in [-0.2, 0) is 4.79 Å². The van der Waals surface area contributed by atoms with E-state index in [9.17, 15) is 4.79 Å². The fourth-order valence-corrected chi connectivity index (χ4v) is 1.43. The van der Waals surface area contributed by atoms with Crippen molar-refractivity contribution >= 4 is 29.2 Å². The summed E-state index contributed by atoms with van der Waals surface area (Å²) in [6.07, 6.45) is 0. The van der Waals surface area contributed by atoms with Gasteiger partial charge in [0, 0.05) is 6.07 Å². The van der Waals surface area contributed by atoms with Gasteiger partial charge in [0.15, 0.2) is 6.61 Å². The zero-order chi connectivity index (χ0) is 11.4. The van der Waals surface area contributed by atoms with Gasteiger partial charge in [0.05, 0.1) is 17.2 Å². The minimum absolute atomic E-state index is 0.223. The summed E-state index contributed by atoms with van der Waals surface area (Å²) in [5.41, 5.74) is 0. The molecule has 0 spiro atoms. The van der Waals surface area contributed by atoms with E-state index in [0.29, 0.717) is 10.8 Å². The SMILES string of the molecule is COc1cc(OCC(=O)O)c(Cl)cc1Cl. The van der Waals surface area contributed by atoms with Crippen LogP contribution in [0.3, 0.4) is 0 Å². The Morgan fingerprint density at radius 3 is 2.47 bits per heavy atom. The molecule has 1 aromatic rings. The highest BCUT2D eigenvalue weighted by molar-refractivity contribution is 6.36. The second-order valence-corrected chi connectivity index (χ2v) is 3.41. The molecule has 0 atom stereocenters. The second-order valence-electron chi connectivity index (χ2n) is 2.60. The van der Waals surface area contributed by atoms with Crippen LogP contribution in [0.15, 0.2) is 12.1 Å². The van der Waals surface area contributed by atoms with E-state index in [2.05, 4.69) is 0 Å². The van der Waals surface area contributed by atoms with E-state index in [4.69, 9.17) is 37.8 Å². The number of halogens is 2. The van der Waals surface area contributed by atoms with Crippen LogP contribution >= 0.6 is 23.2 Å². The number of methoxy groups -OCH3 is 1. The largest absolute Gasteiger partial charge is 0.495 e. The van der Waals surface area contributed by atoms with Crippen molar-refractivity contribution in [1.29, 1.82) is 0 Å². The standard InChI is InChI=1S/C9H8Cl2O4/c1-14-7-3-8(15-4-9(12)13)6(11)2-5(7)10/h2-3H,4H2,1H3,(H,12,13). The highest BCUT2D eigenvalue weighted by atomic mass is 35.5. The fraction of sp³-hybridized carbons (Fsp3) is 0.222. The Hall–Kier alpha value is -1.13. The predicted molar refractivity (Wildman–Crippen MR) is 56.1 cm³/mol. The first-order valence-electron chi connectivity index (χ1n) is 3.92. The van der Waals surface area contributed by atoms with Crippen LogP contribution in [0.2, 0.25) is 10.0 Å². The molecule has 0 fully saturated rings. The van der Waals surface area contributed by atoms with Gasteiger partial charge in [-0.3, -0.25) is 0 Å². The van der Waals surface area contributed by atoms with Gasteiger partial charge in [0.25, 0.3) is 0 Å². The summed E-state index contributed by atoms with van der Waals surface area (Å²) in [4.78, 5) is 10.3. The minimum atomic E-state index is -1.08. The van der Waals surface area contributed by atoms with E-state index in [-0.39, 0.29) is 10.8 Å². The van der Waals surface area contributed by atoms with E-state index in [0.717, 1.165) is 0 Å². The Morgan fingerprint density at radius 2 is 1.93 bits per heavy atom. The van der Waals surface area contributed by atoms with Crippen LogP contribution in [0, 0.1) is 0 Å². The zero-order valence-electron chi connectivity index (χ0n) is 7.79. The first kappa shape index (κ1) is 11.9. The Balaban J connectivity index is 2.92. The number of rotatable bonds is 4. The quantitative estimate of drug-likeness (QED) is 0.892. The van der Waals surface area contributed by atoms with Crippen molar-refractivity contribution in [3.8, 4) is 11.5 Å². The molecule has 0 saturated heterocycles. The molecular weight excluding hydrogens is 243 g/mol. The second kappa shape index (κ2) is 5.09. The molecule has 1 rings (SSSR count). The van der Waals surface area contributed by atoms with Crippen molar-refractivity contribution in [2.75, 3.05) is 13.7 Å². The molecule has 0 aliphatic heterocycles. The molecular formula is C9H8Cl2O4. The predicted octanol–water partition coefficient (Wildman–Crippen LogP) is 2.47. The number of carboxylic acid groups (broad SMARTS) is 1. The molecule has 0 radical (unpaired) electrons. The third-order valence-corrected chi connectivity index (χ3v) is 2.15. The maximum absolute atomic E-state index is 10.3. The molecule has 0 heterocycles. The molecule has 82 valence electrons. The van der Waals surface area contributed by atoms with Gasteiger partial charge in [0.1, 0.15) is 11.5 Å². The highest BCUT2D eigenvalue weighted by Crippen LogP contribution is 2.35. The monoisotopic (exact) mass is 250 g/mol. The fourth-order valence-electron chi connectivity index (χ4n) is 0.917. The summed E-state index contributed by atoms with van der Waals surface area (Å²) in [6, 6.07) is 2.87. The lowest BCUT2D eigenvalue weighted by molar-refractivity contribution is -0.139. The third-order valence-electron chi connectivity index (χ3n) is 1.56. The maximum atomic E-state index is 10.3. The van der Waals surface area contributed by atoms with Gasteiger partial charge in [0.2, 0.25) is 0 Å².